The van der Waals surface area contributed by atoms with Gasteiger partial charge >= 0.3 is 5.97 Å². The van der Waals surface area contributed by atoms with Crippen LogP contribution >= 0.6 is 15.9 Å². The number of fused-ring (bicyclic) bond motifs is 1. The zero-order valence-corrected chi connectivity index (χ0v) is 20.4. The Labute approximate surface area is 187 Å². The van der Waals surface area contributed by atoms with Crippen molar-refractivity contribution in [2.45, 2.75) is 58.2 Å². The van der Waals surface area contributed by atoms with Crippen LogP contribution in [0.5, 0.6) is 5.75 Å². The minimum absolute atomic E-state index is 0.206. The number of phenolic OH excluding ortho intramolecular Hbond substituents is 1. The fraction of sp³-hybridized carbons (Fsp3) is 0.609. The standard InChI is InChI=1S/C23H34BrN3O3/c1-6-30-23(29)21-19(14-25(2)3)27(5)18-12-17(24)22(28)16(20(18)21)13-26(4)15-10-8-7-9-11-15/h12,15,28H,6-11,13-14H2,1-5H3. The van der Waals surface area contributed by atoms with Gasteiger partial charge in [-0.2, -0.15) is 0 Å². The van der Waals surface area contributed by atoms with E-state index in [0.717, 1.165) is 22.2 Å². The monoisotopic (exact) mass is 479 g/mol. The average molecular weight is 480 g/mol. The molecule has 30 heavy (non-hydrogen) atoms. The Kier molecular flexibility index (Phi) is 7.47. The van der Waals surface area contributed by atoms with Gasteiger partial charge in [-0.25, -0.2) is 4.79 Å². The van der Waals surface area contributed by atoms with Gasteiger partial charge < -0.3 is 19.3 Å². The summed E-state index contributed by atoms with van der Waals surface area (Å²) >= 11 is 3.53. The Morgan fingerprint density at radius 3 is 2.50 bits per heavy atom. The predicted octanol–water partition coefficient (Wildman–Crippen LogP) is 4.65. The van der Waals surface area contributed by atoms with Crippen molar-refractivity contribution in [1.29, 1.82) is 0 Å². The number of aromatic hydroxyl groups is 1. The van der Waals surface area contributed by atoms with E-state index in [1.165, 1.54) is 32.1 Å². The normalized spacial score (nSPS) is 15.5. The number of benzene rings is 1. The minimum atomic E-state index is -0.330. The lowest BCUT2D eigenvalue weighted by Crippen LogP contribution is -2.33. The molecule has 0 atom stereocenters. The number of phenols is 1. The number of carbonyl (C=O) groups excluding carboxylic acids is 1. The number of halogens is 1. The van der Waals surface area contributed by atoms with E-state index in [4.69, 9.17) is 4.74 Å². The van der Waals surface area contributed by atoms with Crippen LogP contribution in [-0.4, -0.2) is 59.2 Å². The first-order valence-corrected chi connectivity index (χ1v) is 11.6. The first kappa shape index (κ1) is 23.1. The van der Waals surface area contributed by atoms with E-state index < -0.39 is 0 Å². The Hall–Kier alpha value is -1.57. The SMILES string of the molecule is CCOC(=O)c1c(CN(C)C)n(C)c2cc(Br)c(O)c(CN(C)C3CCCCC3)c12. The third-order valence-electron chi connectivity index (χ3n) is 6.19. The van der Waals surface area contributed by atoms with Crippen molar-refractivity contribution in [2.24, 2.45) is 7.05 Å². The fourth-order valence-electron chi connectivity index (χ4n) is 4.64. The number of rotatable bonds is 7. The summed E-state index contributed by atoms with van der Waals surface area (Å²) in [5.41, 5.74) is 3.17. The molecule has 1 aromatic heterocycles. The number of nitrogens with zero attached hydrogens (tertiary/aromatic N) is 3. The first-order chi connectivity index (χ1) is 14.3. The number of hydrogen-bond acceptors (Lipinski definition) is 5. The molecule has 0 radical (unpaired) electrons. The molecule has 0 saturated heterocycles. The summed E-state index contributed by atoms with van der Waals surface area (Å²) in [6.07, 6.45) is 6.17. The van der Waals surface area contributed by atoms with E-state index in [0.29, 0.717) is 35.8 Å². The highest BCUT2D eigenvalue weighted by Gasteiger charge is 2.29. The highest BCUT2D eigenvalue weighted by atomic mass is 79.9. The van der Waals surface area contributed by atoms with Gasteiger partial charge in [0.05, 0.1) is 22.2 Å². The average Bonchev–Trinajstić information content (AvgIpc) is 2.97. The molecule has 2 aromatic rings. The molecule has 6 nitrogen and oxygen atoms in total. The lowest BCUT2D eigenvalue weighted by molar-refractivity contribution is 0.0526. The van der Waals surface area contributed by atoms with E-state index in [9.17, 15) is 9.90 Å². The molecule has 3 rings (SSSR count). The predicted molar refractivity (Wildman–Crippen MR) is 124 cm³/mol. The molecule has 0 bridgehead atoms. The maximum Gasteiger partial charge on any atom is 0.340 e. The van der Waals surface area contributed by atoms with Crippen molar-refractivity contribution < 1.29 is 14.6 Å². The molecule has 1 saturated carbocycles. The molecule has 0 unspecified atom stereocenters. The Morgan fingerprint density at radius 2 is 1.90 bits per heavy atom. The number of aromatic nitrogens is 1. The molecule has 0 spiro atoms. The second-order valence-corrected chi connectivity index (χ2v) is 9.48. The van der Waals surface area contributed by atoms with Gasteiger partial charge in [-0.3, -0.25) is 4.90 Å². The van der Waals surface area contributed by atoms with Crippen LogP contribution < -0.4 is 0 Å². The van der Waals surface area contributed by atoms with E-state index >= 15 is 0 Å². The third kappa shape index (κ3) is 4.53. The second kappa shape index (κ2) is 9.71. The fourth-order valence-corrected chi connectivity index (χ4v) is 5.10. The molecule has 166 valence electrons. The molecule has 1 aliphatic carbocycles. The summed E-state index contributed by atoms with van der Waals surface area (Å²) in [5.74, 6) is -0.124. The second-order valence-electron chi connectivity index (χ2n) is 8.63. The van der Waals surface area contributed by atoms with Crippen LogP contribution in [0.1, 0.15) is 60.6 Å². The van der Waals surface area contributed by atoms with Crippen molar-refractivity contribution in [1.82, 2.24) is 14.4 Å². The smallest absolute Gasteiger partial charge is 0.340 e. The third-order valence-corrected chi connectivity index (χ3v) is 6.79. The molecule has 1 heterocycles. The highest BCUT2D eigenvalue weighted by molar-refractivity contribution is 9.10. The van der Waals surface area contributed by atoms with E-state index in [-0.39, 0.29) is 11.7 Å². The summed E-state index contributed by atoms with van der Waals surface area (Å²) in [5, 5.41) is 11.8. The maximum atomic E-state index is 13.0. The lowest BCUT2D eigenvalue weighted by atomic mass is 9.93. The maximum absolute atomic E-state index is 13.0. The van der Waals surface area contributed by atoms with Crippen LogP contribution in [-0.2, 0) is 24.9 Å². The highest BCUT2D eigenvalue weighted by Crippen LogP contribution is 2.40. The van der Waals surface area contributed by atoms with Crippen LogP contribution in [0.25, 0.3) is 10.9 Å². The summed E-state index contributed by atoms with van der Waals surface area (Å²) < 4.78 is 8.14. The van der Waals surface area contributed by atoms with Crippen molar-refractivity contribution in [3.05, 3.63) is 27.4 Å². The van der Waals surface area contributed by atoms with Crippen molar-refractivity contribution in [3.8, 4) is 5.75 Å². The van der Waals surface area contributed by atoms with Crippen LogP contribution in [0.2, 0.25) is 0 Å². The Morgan fingerprint density at radius 1 is 1.23 bits per heavy atom. The first-order valence-electron chi connectivity index (χ1n) is 10.8. The minimum Gasteiger partial charge on any atom is -0.506 e. The van der Waals surface area contributed by atoms with Crippen molar-refractivity contribution in [2.75, 3.05) is 27.7 Å². The van der Waals surface area contributed by atoms with Gasteiger partial charge in [-0.15, -0.1) is 0 Å². The molecule has 0 amide bonds. The largest absolute Gasteiger partial charge is 0.506 e. The van der Waals surface area contributed by atoms with Crippen molar-refractivity contribution in [3.63, 3.8) is 0 Å². The van der Waals surface area contributed by atoms with Gasteiger partial charge in [-0.1, -0.05) is 19.3 Å². The molecule has 1 aliphatic rings. The molecular formula is C23H34BrN3O3. The van der Waals surface area contributed by atoms with Gasteiger partial charge in [0.2, 0.25) is 0 Å². The van der Waals surface area contributed by atoms with Crippen LogP contribution in [0.15, 0.2) is 10.5 Å². The number of esters is 1. The number of hydrogen-bond donors (Lipinski definition) is 1. The van der Waals surface area contributed by atoms with Crippen LogP contribution in [0, 0.1) is 0 Å². The van der Waals surface area contributed by atoms with Crippen LogP contribution in [0.3, 0.4) is 0 Å². The van der Waals surface area contributed by atoms with Gasteiger partial charge in [0, 0.05) is 42.8 Å². The van der Waals surface area contributed by atoms with E-state index in [1.54, 1.807) is 0 Å². The zero-order chi connectivity index (χ0) is 22.0. The molecule has 7 heteroatoms. The molecule has 1 N–H and O–H groups in total. The number of carbonyl (C=O) groups is 1. The molecule has 1 fully saturated rings. The number of ether oxygens (including phenoxy) is 1. The zero-order valence-electron chi connectivity index (χ0n) is 18.8. The number of aryl methyl sites for hydroxylation is 1. The molecular weight excluding hydrogens is 446 g/mol. The summed E-state index contributed by atoms with van der Waals surface area (Å²) in [6.45, 7) is 3.33. The summed E-state index contributed by atoms with van der Waals surface area (Å²) in [6, 6.07) is 2.40. The Bertz CT molecular complexity index is 917. The van der Waals surface area contributed by atoms with Gasteiger partial charge in [0.15, 0.2) is 0 Å². The summed E-state index contributed by atoms with van der Waals surface area (Å²) in [7, 11) is 8.06. The van der Waals surface area contributed by atoms with Gasteiger partial charge in [0.25, 0.3) is 0 Å². The summed E-state index contributed by atoms with van der Waals surface area (Å²) in [4.78, 5) is 17.4. The van der Waals surface area contributed by atoms with Crippen molar-refractivity contribution >= 4 is 32.8 Å². The molecule has 1 aromatic carbocycles. The van der Waals surface area contributed by atoms with Gasteiger partial charge in [-0.05, 0) is 62.9 Å². The quantitative estimate of drug-likeness (QED) is 0.585. The van der Waals surface area contributed by atoms with Crippen LogP contribution in [0.4, 0.5) is 0 Å². The Balaban J connectivity index is 2.19. The lowest BCUT2D eigenvalue weighted by Gasteiger charge is -2.31. The van der Waals surface area contributed by atoms with Gasteiger partial charge in [0.1, 0.15) is 5.75 Å². The molecule has 0 aliphatic heterocycles. The van der Waals surface area contributed by atoms with E-state index in [2.05, 4.69) is 32.4 Å². The topological polar surface area (TPSA) is 57.9 Å². The van der Waals surface area contributed by atoms with E-state index in [1.807, 2.05) is 39.0 Å².